The third-order valence-electron chi connectivity index (χ3n) is 2.60. The van der Waals surface area contributed by atoms with Gasteiger partial charge in [0.2, 0.25) is 0 Å². The van der Waals surface area contributed by atoms with Gasteiger partial charge >= 0.3 is 0 Å². The van der Waals surface area contributed by atoms with Gasteiger partial charge in [0.1, 0.15) is 5.82 Å². The van der Waals surface area contributed by atoms with E-state index in [0.29, 0.717) is 31.5 Å². The van der Waals surface area contributed by atoms with E-state index in [0.717, 1.165) is 0 Å². The topological polar surface area (TPSA) is 60.9 Å². The second-order valence-corrected chi connectivity index (χ2v) is 6.11. The number of rotatable bonds is 3. The predicted molar refractivity (Wildman–Crippen MR) is 84.9 cm³/mol. The van der Waals surface area contributed by atoms with Crippen LogP contribution in [0.1, 0.15) is 5.56 Å². The molecular formula is C12H10Cl3N3OS. The molecule has 0 atom stereocenters. The summed E-state index contributed by atoms with van der Waals surface area (Å²) in [5.41, 5.74) is 6.05. The van der Waals surface area contributed by atoms with E-state index in [4.69, 9.17) is 40.5 Å². The highest BCUT2D eigenvalue weighted by Crippen LogP contribution is 2.35. The standard InChI is InChI=1S/C12H10Cl3N3OS/c1-18-10(19)4-9(16)17-12(18)20-5-6-7(13)2-3-8(14)11(6)15/h2-4H,5,16H2,1H3. The molecule has 0 aliphatic carbocycles. The third kappa shape index (κ3) is 3.23. The van der Waals surface area contributed by atoms with Gasteiger partial charge in [0.05, 0.1) is 10.0 Å². The van der Waals surface area contributed by atoms with E-state index in [1.165, 1.54) is 22.4 Å². The maximum atomic E-state index is 11.6. The van der Waals surface area contributed by atoms with Crippen LogP contribution in [-0.2, 0) is 12.8 Å². The van der Waals surface area contributed by atoms with E-state index >= 15 is 0 Å². The fourth-order valence-corrected chi connectivity index (χ4v) is 3.37. The van der Waals surface area contributed by atoms with Crippen molar-refractivity contribution in [3.63, 3.8) is 0 Å². The molecule has 106 valence electrons. The summed E-state index contributed by atoms with van der Waals surface area (Å²) >= 11 is 19.5. The molecule has 8 heteroatoms. The lowest BCUT2D eigenvalue weighted by Gasteiger charge is -2.10. The Morgan fingerprint density at radius 2 is 1.95 bits per heavy atom. The molecule has 0 aliphatic rings. The number of aromatic nitrogens is 2. The summed E-state index contributed by atoms with van der Waals surface area (Å²) in [5.74, 6) is 0.612. The molecule has 0 amide bonds. The zero-order valence-corrected chi connectivity index (χ0v) is 13.4. The minimum absolute atomic E-state index is 0.180. The summed E-state index contributed by atoms with van der Waals surface area (Å²) in [6.07, 6.45) is 0. The minimum atomic E-state index is -0.219. The van der Waals surface area contributed by atoms with Crippen molar-refractivity contribution in [2.45, 2.75) is 10.9 Å². The molecule has 2 aromatic rings. The van der Waals surface area contributed by atoms with Gasteiger partial charge in [-0.25, -0.2) is 4.98 Å². The number of nitrogens with zero attached hydrogens (tertiary/aromatic N) is 2. The largest absolute Gasteiger partial charge is 0.383 e. The molecule has 0 saturated carbocycles. The first-order valence-corrected chi connectivity index (χ1v) is 7.61. The Kier molecular flexibility index (Phi) is 4.86. The Morgan fingerprint density at radius 1 is 1.30 bits per heavy atom. The monoisotopic (exact) mass is 349 g/mol. The molecule has 0 fully saturated rings. The van der Waals surface area contributed by atoms with Crippen LogP contribution in [0.4, 0.5) is 5.82 Å². The summed E-state index contributed by atoms with van der Waals surface area (Å²) in [4.78, 5) is 15.7. The summed E-state index contributed by atoms with van der Waals surface area (Å²) in [5, 5.41) is 1.84. The molecule has 20 heavy (non-hydrogen) atoms. The second-order valence-electron chi connectivity index (χ2n) is 3.97. The lowest BCUT2D eigenvalue weighted by Crippen LogP contribution is -2.19. The average molecular weight is 351 g/mol. The van der Waals surface area contributed by atoms with Crippen molar-refractivity contribution in [3.8, 4) is 0 Å². The smallest absolute Gasteiger partial charge is 0.255 e. The van der Waals surface area contributed by atoms with Crippen molar-refractivity contribution in [3.05, 3.63) is 49.2 Å². The van der Waals surface area contributed by atoms with Crippen LogP contribution in [0, 0.1) is 0 Å². The molecule has 0 saturated heterocycles. The molecule has 0 aliphatic heterocycles. The number of hydrogen-bond donors (Lipinski definition) is 1. The van der Waals surface area contributed by atoms with Gasteiger partial charge in [0.25, 0.3) is 5.56 Å². The molecule has 0 unspecified atom stereocenters. The van der Waals surface area contributed by atoms with Crippen LogP contribution in [0.15, 0.2) is 28.2 Å². The normalized spacial score (nSPS) is 10.8. The predicted octanol–water partition coefficient (Wildman–Crippen LogP) is 3.62. The Labute approximate surface area is 134 Å². The first-order valence-electron chi connectivity index (χ1n) is 5.49. The molecule has 0 bridgehead atoms. The van der Waals surface area contributed by atoms with Crippen LogP contribution in [0.5, 0.6) is 0 Å². The van der Waals surface area contributed by atoms with Crippen LogP contribution in [0.3, 0.4) is 0 Å². The molecular weight excluding hydrogens is 341 g/mol. The highest BCUT2D eigenvalue weighted by molar-refractivity contribution is 7.98. The zero-order valence-electron chi connectivity index (χ0n) is 10.4. The number of nitrogen functional groups attached to an aromatic ring is 1. The quantitative estimate of drug-likeness (QED) is 0.522. The highest BCUT2D eigenvalue weighted by atomic mass is 35.5. The van der Waals surface area contributed by atoms with E-state index in [9.17, 15) is 4.79 Å². The SMILES string of the molecule is Cn1c(SCc2c(Cl)ccc(Cl)c2Cl)nc(N)cc1=O. The fraction of sp³-hybridized carbons (Fsp3) is 0.167. The van der Waals surface area contributed by atoms with Crippen molar-refractivity contribution in [2.24, 2.45) is 7.05 Å². The van der Waals surface area contributed by atoms with E-state index in [1.807, 2.05) is 0 Å². The van der Waals surface area contributed by atoms with Gasteiger partial charge in [-0.05, 0) is 12.1 Å². The summed E-state index contributed by atoms with van der Waals surface area (Å²) < 4.78 is 1.41. The molecule has 1 aromatic heterocycles. The lowest BCUT2D eigenvalue weighted by atomic mass is 10.2. The molecule has 2 N–H and O–H groups in total. The van der Waals surface area contributed by atoms with Crippen molar-refractivity contribution < 1.29 is 0 Å². The van der Waals surface area contributed by atoms with Gasteiger partial charge in [0, 0.05) is 29.5 Å². The Bertz CT molecular complexity index is 718. The number of thioether (sulfide) groups is 1. The van der Waals surface area contributed by atoms with E-state index in [1.54, 1.807) is 19.2 Å². The third-order valence-corrected chi connectivity index (χ3v) is 4.85. The van der Waals surface area contributed by atoms with Gasteiger partial charge in [-0.3, -0.25) is 9.36 Å². The van der Waals surface area contributed by atoms with E-state index in [2.05, 4.69) is 4.98 Å². The van der Waals surface area contributed by atoms with E-state index in [-0.39, 0.29) is 11.4 Å². The Balaban J connectivity index is 2.30. The number of nitrogens with two attached hydrogens (primary N) is 1. The van der Waals surface area contributed by atoms with Crippen LogP contribution < -0.4 is 11.3 Å². The highest BCUT2D eigenvalue weighted by Gasteiger charge is 2.12. The van der Waals surface area contributed by atoms with E-state index < -0.39 is 0 Å². The molecule has 1 heterocycles. The average Bonchev–Trinajstić information content (AvgIpc) is 2.39. The molecule has 4 nitrogen and oxygen atoms in total. The molecule has 1 aromatic carbocycles. The van der Waals surface area contributed by atoms with Gasteiger partial charge in [0.15, 0.2) is 5.16 Å². The Morgan fingerprint density at radius 3 is 2.65 bits per heavy atom. The van der Waals surface area contributed by atoms with Gasteiger partial charge in [-0.2, -0.15) is 0 Å². The fourth-order valence-electron chi connectivity index (χ4n) is 1.50. The van der Waals surface area contributed by atoms with Gasteiger partial charge < -0.3 is 5.73 Å². The first kappa shape index (κ1) is 15.5. The van der Waals surface area contributed by atoms with Gasteiger partial charge in [-0.15, -0.1) is 0 Å². The molecule has 2 rings (SSSR count). The first-order chi connectivity index (χ1) is 9.40. The number of halogens is 3. The van der Waals surface area contributed by atoms with Crippen LogP contribution in [-0.4, -0.2) is 9.55 Å². The summed E-state index contributed by atoms with van der Waals surface area (Å²) in [7, 11) is 1.62. The lowest BCUT2D eigenvalue weighted by molar-refractivity contribution is 0.712. The number of hydrogen-bond acceptors (Lipinski definition) is 4. The summed E-state index contributed by atoms with van der Waals surface area (Å²) in [6, 6.07) is 4.58. The summed E-state index contributed by atoms with van der Waals surface area (Å²) in [6.45, 7) is 0. The van der Waals surface area contributed by atoms with Crippen molar-refractivity contribution in [2.75, 3.05) is 5.73 Å². The van der Waals surface area contributed by atoms with Crippen molar-refractivity contribution in [1.82, 2.24) is 9.55 Å². The maximum absolute atomic E-state index is 11.6. The molecule has 0 radical (unpaired) electrons. The van der Waals surface area contributed by atoms with Crippen molar-refractivity contribution in [1.29, 1.82) is 0 Å². The zero-order chi connectivity index (χ0) is 14.9. The van der Waals surface area contributed by atoms with Crippen molar-refractivity contribution >= 4 is 52.4 Å². The second kappa shape index (κ2) is 6.26. The molecule has 0 spiro atoms. The minimum Gasteiger partial charge on any atom is -0.383 e. The van der Waals surface area contributed by atoms with Gasteiger partial charge in [-0.1, -0.05) is 46.6 Å². The van der Waals surface area contributed by atoms with Crippen LogP contribution >= 0.6 is 46.6 Å². The Hall–Kier alpha value is -0.880. The van der Waals surface area contributed by atoms with Crippen LogP contribution in [0.25, 0.3) is 0 Å². The maximum Gasteiger partial charge on any atom is 0.255 e. The number of benzene rings is 1. The number of anilines is 1. The van der Waals surface area contributed by atoms with Crippen LogP contribution in [0.2, 0.25) is 15.1 Å².